The van der Waals surface area contributed by atoms with Crippen LogP contribution in [-0.2, 0) is 0 Å². The molecule has 0 aliphatic carbocycles. The Hall–Kier alpha value is -0.540. The highest BCUT2D eigenvalue weighted by molar-refractivity contribution is 9.10. The Morgan fingerprint density at radius 2 is 1.65 bits per heavy atom. The SMILES string of the molecule is CC(N[C@H](C)c1ccccc1Br)c1ccc(Cl)c(Cl)c1. The Morgan fingerprint density at radius 3 is 2.30 bits per heavy atom. The molecule has 0 fully saturated rings. The number of hydrogen-bond donors (Lipinski definition) is 1. The lowest BCUT2D eigenvalue weighted by atomic mass is 10.0. The topological polar surface area (TPSA) is 12.0 Å². The molecule has 1 N–H and O–H groups in total. The molecule has 0 saturated carbocycles. The van der Waals surface area contributed by atoms with Gasteiger partial charge < -0.3 is 5.32 Å². The predicted molar refractivity (Wildman–Crippen MR) is 90.6 cm³/mol. The third kappa shape index (κ3) is 3.76. The fourth-order valence-electron chi connectivity index (χ4n) is 2.17. The van der Waals surface area contributed by atoms with E-state index in [0.717, 1.165) is 10.0 Å². The van der Waals surface area contributed by atoms with Crippen molar-refractivity contribution in [2.45, 2.75) is 25.9 Å². The Balaban J connectivity index is 2.13. The first kappa shape index (κ1) is 15.8. The van der Waals surface area contributed by atoms with Crippen LogP contribution in [0, 0.1) is 0 Å². The summed E-state index contributed by atoms with van der Waals surface area (Å²) in [4.78, 5) is 0. The van der Waals surface area contributed by atoms with Gasteiger partial charge in [0, 0.05) is 16.6 Å². The second-order valence-corrected chi connectivity index (χ2v) is 6.47. The van der Waals surface area contributed by atoms with E-state index < -0.39 is 0 Å². The lowest BCUT2D eigenvalue weighted by Crippen LogP contribution is -2.22. The van der Waals surface area contributed by atoms with Crippen LogP contribution >= 0.6 is 39.1 Å². The molecule has 2 aromatic carbocycles. The molecule has 1 unspecified atom stereocenters. The number of hydrogen-bond acceptors (Lipinski definition) is 1. The van der Waals surface area contributed by atoms with Gasteiger partial charge in [0.05, 0.1) is 10.0 Å². The van der Waals surface area contributed by atoms with E-state index in [-0.39, 0.29) is 12.1 Å². The van der Waals surface area contributed by atoms with Crippen LogP contribution in [-0.4, -0.2) is 0 Å². The summed E-state index contributed by atoms with van der Waals surface area (Å²) in [6.07, 6.45) is 0. The highest BCUT2D eigenvalue weighted by Crippen LogP contribution is 2.28. The largest absolute Gasteiger partial charge is 0.304 e. The number of rotatable bonds is 4. The fraction of sp³-hybridized carbons (Fsp3) is 0.250. The summed E-state index contributed by atoms with van der Waals surface area (Å²) in [6, 6.07) is 14.4. The first-order valence-electron chi connectivity index (χ1n) is 6.44. The normalized spacial score (nSPS) is 14.1. The van der Waals surface area contributed by atoms with E-state index in [4.69, 9.17) is 23.2 Å². The zero-order valence-electron chi connectivity index (χ0n) is 11.3. The van der Waals surface area contributed by atoms with Crippen LogP contribution in [0.25, 0.3) is 0 Å². The maximum absolute atomic E-state index is 6.07. The summed E-state index contributed by atoms with van der Waals surface area (Å²) in [5.74, 6) is 0. The molecule has 0 saturated heterocycles. The van der Waals surface area contributed by atoms with Gasteiger partial charge in [-0.3, -0.25) is 0 Å². The van der Waals surface area contributed by atoms with E-state index in [1.807, 2.05) is 30.3 Å². The zero-order chi connectivity index (χ0) is 14.7. The molecule has 2 aromatic rings. The summed E-state index contributed by atoms with van der Waals surface area (Å²) < 4.78 is 1.11. The Kier molecular flexibility index (Phi) is 5.50. The van der Waals surface area contributed by atoms with Gasteiger partial charge in [0.15, 0.2) is 0 Å². The van der Waals surface area contributed by atoms with E-state index in [1.165, 1.54) is 5.56 Å². The number of benzene rings is 2. The smallest absolute Gasteiger partial charge is 0.0595 e. The molecule has 0 aliphatic heterocycles. The molecule has 20 heavy (non-hydrogen) atoms. The highest BCUT2D eigenvalue weighted by atomic mass is 79.9. The van der Waals surface area contributed by atoms with Crippen molar-refractivity contribution in [2.24, 2.45) is 0 Å². The third-order valence-corrected chi connectivity index (χ3v) is 4.78. The van der Waals surface area contributed by atoms with Crippen molar-refractivity contribution in [1.82, 2.24) is 5.32 Å². The van der Waals surface area contributed by atoms with Gasteiger partial charge in [0.1, 0.15) is 0 Å². The second kappa shape index (κ2) is 6.95. The van der Waals surface area contributed by atoms with Crippen molar-refractivity contribution in [2.75, 3.05) is 0 Å². The molecule has 2 atom stereocenters. The molecule has 0 radical (unpaired) electrons. The standard InChI is InChI=1S/C16H16BrCl2N/c1-10(12-7-8-15(18)16(19)9-12)20-11(2)13-5-3-4-6-14(13)17/h3-11,20H,1-2H3/t10?,11-/m1/s1. The van der Waals surface area contributed by atoms with Crippen LogP contribution in [0.1, 0.15) is 37.1 Å². The molecule has 0 heterocycles. The van der Waals surface area contributed by atoms with Gasteiger partial charge in [-0.25, -0.2) is 0 Å². The minimum Gasteiger partial charge on any atom is -0.304 e. The van der Waals surface area contributed by atoms with Crippen molar-refractivity contribution in [3.63, 3.8) is 0 Å². The molecule has 106 valence electrons. The van der Waals surface area contributed by atoms with Crippen LogP contribution in [0.2, 0.25) is 10.0 Å². The van der Waals surface area contributed by atoms with Crippen LogP contribution in [0.4, 0.5) is 0 Å². The monoisotopic (exact) mass is 371 g/mol. The second-order valence-electron chi connectivity index (χ2n) is 4.81. The van der Waals surface area contributed by atoms with E-state index in [9.17, 15) is 0 Å². The summed E-state index contributed by atoms with van der Waals surface area (Å²) in [7, 11) is 0. The molecule has 0 aliphatic rings. The summed E-state index contributed by atoms with van der Waals surface area (Å²) in [5.41, 5.74) is 2.36. The minimum absolute atomic E-state index is 0.187. The lowest BCUT2D eigenvalue weighted by molar-refractivity contribution is 0.493. The molecule has 0 amide bonds. The molecule has 0 bridgehead atoms. The van der Waals surface area contributed by atoms with Gasteiger partial charge in [0.2, 0.25) is 0 Å². The molecule has 4 heteroatoms. The number of halogens is 3. The average molecular weight is 373 g/mol. The van der Waals surface area contributed by atoms with Gasteiger partial charge in [0.25, 0.3) is 0 Å². The average Bonchev–Trinajstić information content (AvgIpc) is 2.42. The van der Waals surface area contributed by atoms with Crippen molar-refractivity contribution in [3.8, 4) is 0 Å². The number of nitrogens with one attached hydrogen (secondary N) is 1. The first-order chi connectivity index (χ1) is 9.49. The molecule has 1 nitrogen and oxygen atoms in total. The quantitative estimate of drug-likeness (QED) is 0.676. The van der Waals surface area contributed by atoms with Crippen molar-refractivity contribution < 1.29 is 0 Å². The molecular weight excluding hydrogens is 357 g/mol. The van der Waals surface area contributed by atoms with Crippen LogP contribution in [0.3, 0.4) is 0 Å². The van der Waals surface area contributed by atoms with E-state index in [0.29, 0.717) is 10.0 Å². The van der Waals surface area contributed by atoms with Gasteiger partial charge >= 0.3 is 0 Å². The molecule has 0 spiro atoms. The van der Waals surface area contributed by atoms with Gasteiger partial charge in [-0.15, -0.1) is 0 Å². The Morgan fingerprint density at radius 1 is 0.950 bits per heavy atom. The first-order valence-corrected chi connectivity index (χ1v) is 7.99. The highest BCUT2D eigenvalue weighted by Gasteiger charge is 2.13. The van der Waals surface area contributed by atoms with Gasteiger partial charge in [-0.05, 0) is 43.2 Å². The van der Waals surface area contributed by atoms with Crippen molar-refractivity contribution in [3.05, 3.63) is 68.1 Å². The summed E-state index contributed by atoms with van der Waals surface area (Å²) in [6.45, 7) is 4.26. The maximum atomic E-state index is 6.07. The lowest BCUT2D eigenvalue weighted by Gasteiger charge is -2.22. The van der Waals surface area contributed by atoms with Crippen molar-refractivity contribution in [1.29, 1.82) is 0 Å². The van der Waals surface area contributed by atoms with E-state index >= 15 is 0 Å². The van der Waals surface area contributed by atoms with Gasteiger partial charge in [-0.2, -0.15) is 0 Å². The Labute approximate surface area is 138 Å². The van der Waals surface area contributed by atoms with Crippen molar-refractivity contribution >= 4 is 39.1 Å². The fourth-order valence-corrected chi connectivity index (χ4v) is 3.10. The van der Waals surface area contributed by atoms with Crippen LogP contribution in [0.15, 0.2) is 46.9 Å². The molecular formula is C16H16BrCl2N. The maximum Gasteiger partial charge on any atom is 0.0595 e. The van der Waals surface area contributed by atoms with Gasteiger partial charge in [-0.1, -0.05) is 63.4 Å². The molecule has 0 aromatic heterocycles. The van der Waals surface area contributed by atoms with Crippen LogP contribution in [0.5, 0.6) is 0 Å². The molecule has 2 rings (SSSR count). The Bertz CT molecular complexity index is 601. The van der Waals surface area contributed by atoms with E-state index in [1.54, 1.807) is 0 Å². The minimum atomic E-state index is 0.187. The summed E-state index contributed by atoms with van der Waals surface area (Å²) in [5, 5.41) is 4.74. The van der Waals surface area contributed by atoms with E-state index in [2.05, 4.69) is 47.2 Å². The third-order valence-electron chi connectivity index (χ3n) is 3.32. The zero-order valence-corrected chi connectivity index (χ0v) is 14.4. The van der Waals surface area contributed by atoms with Crippen LogP contribution < -0.4 is 5.32 Å². The predicted octanol–water partition coefficient (Wildman–Crippen LogP) is 6.17. The summed E-state index contributed by atoms with van der Waals surface area (Å²) >= 11 is 15.6.